The highest BCUT2D eigenvalue weighted by Gasteiger charge is 2.13. The molecule has 2 heterocycles. The lowest BCUT2D eigenvalue weighted by Crippen LogP contribution is -2.25. The number of nitrogen functional groups attached to an aromatic ring is 1. The third-order valence-corrected chi connectivity index (χ3v) is 2.79. The van der Waals surface area contributed by atoms with Crippen LogP contribution in [0.4, 0.5) is 11.9 Å². The molecule has 0 spiro atoms. The van der Waals surface area contributed by atoms with Crippen molar-refractivity contribution in [3.63, 3.8) is 0 Å². The van der Waals surface area contributed by atoms with Crippen LogP contribution in [0, 0.1) is 0 Å². The molecule has 0 unspecified atom stereocenters. The molecule has 2 rings (SSSR count). The smallest absolute Gasteiger partial charge is 0.323 e. The first-order valence-corrected chi connectivity index (χ1v) is 6.76. The average molecular weight is 289 g/mol. The molecule has 0 bridgehead atoms. The molecule has 0 saturated carbocycles. The number of nitrogens with two attached hydrogens (primary N) is 1. The Morgan fingerprint density at radius 2 is 1.95 bits per heavy atom. The van der Waals surface area contributed by atoms with Crippen molar-refractivity contribution in [1.29, 1.82) is 0 Å². The Balaban J connectivity index is 2.26. The van der Waals surface area contributed by atoms with E-state index in [1.54, 1.807) is 12.4 Å². The third-order valence-electron chi connectivity index (χ3n) is 2.79. The molecule has 0 aliphatic carbocycles. The third kappa shape index (κ3) is 3.99. The van der Waals surface area contributed by atoms with E-state index in [2.05, 4.69) is 25.4 Å². The minimum atomic E-state index is 0.253. The summed E-state index contributed by atoms with van der Waals surface area (Å²) in [5.41, 5.74) is 3.55. The molecule has 0 aliphatic rings. The van der Waals surface area contributed by atoms with E-state index < -0.39 is 0 Å². The lowest BCUT2D eigenvalue weighted by molar-refractivity contribution is 0.312. The zero-order valence-electron chi connectivity index (χ0n) is 12.2. The van der Waals surface area contributed by atoms with E-state index in [1.807, 2.05) is 30.9 Å². The van der Waals surface area contributed by atoms with E-state index in [9.17, 15) is 0 Å². The van der Waals surface area contributed by atoms with E-state index in [1.165, 1.54) is 0 Å². The molecule has 112 valence electrons. The van der Waals surface area contributed by atoms with Crippen LogP contribution in [-0.2, 0) is 6.54 Å². The van der Waals surface area contributed by atoms with Gasteiger partial charge in [0.05, 0.1) is 6.61 Å². The predicted molar refractivity (Wildman–Crippen MR) is 79.8 cm³/mol. The van der Waals surface area contributed by atoms with Gasteiger partial charge in [-0.15, -0.1) is 0 Å². The van der Waals surface area contributed by atoms with Crippen LogP contribution in [0.1, 0.15) is 19.4 Å². The molecule has 0 atom stereocenters. The number of nitrogens with one attached hydrogen (secondary N) is 1. The van der Waals surface area contributed by atoms with Gasteiger partial charge < -0.3 is 9.64 Å². The van der Waals surface area contributed by atoms with Gasteiger partial charge in [-0.3, -0.25) is 10.4 Å². The predicted octanol–water partition coefficient (Wildman–Crippen LogP) is 0.977. The Hall–Kier alpha value is -2.48. The molecule has 21 heavy (non-hydrogen) atoms. The Labute approximate surface area is 123 Å². The van der Waals surface area contributed by atoms with Crippen molar-refractivity contribution in [2.75, 3.05) is 23.5 Å². The Kier molecular flexibility index (Phi) is 5.22. The van der Waals surface area contributed by atoms with Crippen LogP contribution >= 0.6 is 0 Å². The van der Waals surface area contributed by atoms with Gasteiger partial charge in [0.2, 0.25) is 11.9 Å². The van der Waals surface area contributed by atoms with E-state index in [4.69, 9.17) is 10.6 Å². The second-order valence-electron chi connectivity index (χ2n) is 4.19. The molecule has 3 N–H and O–H groups in total. The van der Waals surface area contributed by atoms with Crippen molar-refractivity contribution in [2.24, 2.45) is 5.84 Å². The van der Waals surface area contributed by atoms with Gasteiger partial charge in [-0.25, -0.2) is 5.84 Å². The highest BCUT2D eigenvalue weighted by molar-refractivity contribution is 5.38. The Bertz CT molecular complexity index is 564. The molecule has 0 aliphatic heterocycles. The van der Waals surface area contributed by atoms with Crippen molar-refractivity contribution in [3.8, 4) is 6.01 Å². The van der Waals surface area contributed by atoms with Crippen LogP contribution in [0.15, 0.2) is 24.5 Å². The lowest BCUT2D eigenvalue weighted by Gasteiger charge is -2.21. The topological polar surface area (TPSA) is 102 Å². The zero-order valence-corrected chi connectivity index (χ0v) is 12.2. The van der Waals surface area contributed by atoms with Gasteiger partial charge in [0, 0.05) is 25.5 Å². The number of nitrogens with zero attached hydrogens (tertiary/aromatic N) is 5. The summed E-state index contributed by atoms with van der Waals surface area (Å²) in [4.78, 5) is 18.6. The number of hydrogen-bond donors (Lipinski definition) is 2. The summed E-state index contributed by atoms with van der Waals surface area (Å²) in [6.45, 7) is 5.78. The van der Waals surface area contributed by atoms with Crippen LogP contribution in [0.2, 0.25) is 0 Å². The van der Waals surface area contributed by atoms with Crippen LogP contribution in [0.5, 0.6) is 6.01 Å². The Morgan fingerprint density at radius 1 is 1.19 bits per heavy atom. The summed E-state index contributed by atoms with van der Waals surface area (Å²) in [6.07, 6.45) is 3.52. The number of hydrazine groups is 1. The standard InChI is InChI=1S/C13H19N7O/c1-3-20(9-10-5-7-15-8-6-10)12-16-11(19-14)17-13(18-12)21-4-2/h5-8H,3-4,9,14H2,1-2H3,(H,16,17,18,19). The van der Waals surface area contributed by atoms with Gasteiger partial charge in [0.25, 0.3) is 0 Å². The van der Waals surface area contributed by atoms with Gasteiger partial charge in [-0.05, 0) is 31.5 Å². The van der Waals surface area contributed by atoms with Gasteiger partial charge in [-0.2, -0.15) is 15.0 Å². The second-order valence-corrected chi connectivity index (χ2v) is 4.19. The first-order valence-electron chi connectivity index (χ1n) is 6.76. The molecule has 8 nitrogen and oxygen atoms in total. The first kappa shape index (κ1) is 14.9. The first-order chi connectivity index (χ1) is 10.3. The maximum Gasteiger partial charge on any atom is 0.323 e. The fraction of sp³-hybridized carbons (Fsp3) is 0.385. The van der Waals surface area contributed by atoms with Crippen molar-refractivity contribution in [2.45, 2.75) is 20.4 Å². The van der Waals surface area contributed by atoms with Gasteiger partial charge >= 0.3 is 6.01 Å². The van der Waals surface area contributed by atoms with E-state index >= 15 is 0 Å². The van der Waals surface area contributed by atoms with Gasteiger partial charge in [-0.1, -0.05) is 0 Å². The van der Waals surface area contributed by atoms with E-state index in [-0.39, 0.29) is 12.0 Å². The summed E-state index contributed by atoms with van der Waals surface area (Å²) >= 11 is 0. The Morgan fingerprint density at radius 3 is 2.57 bits per heavy atom. The number of anilines is 2. The van der Waals surface area contributed by atoms with Crippen molar-refractivity contribution in [3.05, 3.63) is 30.1 Å². The fourth-order valence-corrected chi connectivity index (χ4v) is 1.78. The molecule has 0 aromatic carbocycles. The summed E-state index contributed by atoms with van der Waals surface area (Å²) in [7, 11) is 0. The monoisotopic (exact) mass is 289 g/mol. The average Bonchev–Trinajstić information content (AvgIpc) is 2.53. The fourth-order valence-electron chi connectivity index (χ4n) is 1.78. The number of hydrogen-bond acceptors (Lipinski definition) is 8. The number of pyridine rings is 1. The zero-order chi connectivity index (χ0) is 15.1. The summed E-state index contributed by atoms with van der Waals surface area (Å²) in [5, 5.41) is 0. The molecule has 0 radical (unpaired) electrons. The molecule has 0 saturated heterocycles. The van der Waals surface area contributed by atoms with Gasteiger partial charge in [0.15, 0.2) is 0 Å². The molecule has 2 aromatic heterocycles. The van der Waals surface area contributed by atoms with Crippen LogP contribution in [-0.4, -0.2) is 33.1 Å². The highest BCUT2D eigenvalue weighted by Crippen LogP contribution is 2.16. The van der Waals surface area contributed by atoms with Crippen LogP contribution in [0.3, 0.4) is 0 Å². The highest BCUT2D eigenvalue weighted by atomic mass is 16.5. The largest absolute Gasteiger partial charge is 0.464 e. The number of aromatic nitrogens is 4. The summed E-state index contributed by atoms with van der Waals surface area (Å²) < 4.78 is 5.34. The molecule has 2 aromatic rings. The second kappa shape index (κ2) is 7.34. The number of rotatable bonds is 7. The maximum absolute atomic E-state index is 5.39. The quantitative estimate of drug-likeness (QED) is 0.574. The molecule has 0 fully saturated rings. The minimum Gasteiger partial charge on any atom is -0.464 e. The van der Waals surface area contributed by atoms with Crippen molar-refractivity contribution >= 4 is 11.9 Å². The summed E-state index contributed by atoms with van der Waals surface area (Å²) in [6, 6.07) is 4.16. The van der Waals surface area contributed by atoms with Gasteiger partial charge in [0.1, 0.15) is 0 Å². The van der Waals surface area contributed by atoms with Crippen molar-refractivity contribution < 1.29 is 4.74 Å². The lowest BCUT2D eigenvalue weighted by atomic mass is 10.2. The minimum absolute atomic E-state index is 0.253. The number of ether oxygens (including phenoxy) is 1. The van der Waals surface area contributed by atoms with Crippen LogP contribution in [0.25, 0.3) is 0 Å². The molecular formula is C13H19N7O. The maximum atomic E-state index is 5.39. The molecule has 8 heteroatoms. The van der Waals surface area contributed by atoms with E-state index in [0.29, 0.717) is 19.1 Å². The SMILES string of the molecule is CCOc1nc(NN)nc(N(CC)Cc2ccncc2)n1. The molecule has 0 amide bonds. The van der Waals surface area contributed by atoms with Crippen molar-refractivity contribution in [1.82, 2.24) is 19.9 Å². The normalized spacial score (nSPS) is 10.2. The van der Waals surface area contributed by atoms with E-state index in [0.717, 1.165) is 12.1 Å². The summed E-state index contributed by atoms with van der Waals surface area (Å²) in [5.74, 6) is 6.18. The van der Waals surface area contributed by atoms with Crippen LogP contribution < -0.4 is 20.9 Å². The molecular weight excluding hydrogens is 270 g/mol.